The zero-order valence-corrected chi connectivity index (χ0v) is 14.4. The number of aryl methyl sites for hydroxylation is 1. The lowest BCUT2D eigenvalue weighted by atomic mass is 10.1. The highest BCUT2D eigenvalue weighted by Crippen LogP contribution is 2.33. The second-order valence-corrected chi connectivity index (χ2v) is 6.42. The van der Waals surface area contributed by atoms with Crippen LogP contribution >= 0.6 is 31.9 Å². The van der Waals surface area contributed by atoms with E-state index in [0.29, 0.717) is 6.04 Å². The third-order valence-corrected chi connectivity index (χ3v) is 4.93. The molecule has 0 bridgehead atoms. The molecule has 19 heavy (non-hydrogen) atoms. The van der Waals surface area contributed by atoms with Crippen molar-refractivity contribution in [1.29, 1.82) is 0 Å². The largest absolute Gasteiger partial charge is 0.383 e. The molecule has 5 heteroatoms. The molecule has 0 saturated carbocycles. The Kier molecular flexibility index (Phi) is 4.36. The van der Waals surface area contributed by atoms with Crippen LogP contribution in [0.2, 0.25) is 0 Å². The molecule has 2 rings (SSSR count). The molecule has 0 aliphatic rings. The number of imidazole rings is 1. The van der Waals surface area contributed by atoms with Crippen molar-refractivity contribution in [3.63, 3.8) is 0 Å². The van der Waals surface area contributed by atoms with Crippen LogP contribution in [0.5, 0.6) is 0 Å². The van der Waals surface area contributed by atoms with Crippen LogP contribution in [0.25, 0.3) is 11.3 Å². The van der Waals surface area contributed by atoms with Gasteiger partial charge in [-0.25, -0.2) is 4.98 Å². The van der Waals surface area contributed by atoms with E-state index < -0.39 is 0 Å². The predicted octanol–water partition coefficient (Wildman–Crippen LogP) is 4.80. The number of nitrogens with two attached hydrogens (primary N) is 1. The number of nitrogens with zero attached hydrogens (tertiary/aromatic N) is 2. The fourth-order valence-corrected chi connectivity index (χ4v) is 2.80. The molecular weight excluding hydrogens is 370 g/mol. The van der Waals surface area contributed by atoms with E-state index in [2.05, 4.69) is 57.2 Å². The molecule has 0 radical (unpaired) electrons. The van der Waals surface area contributed by atoms with Crippen LogP contribution in [0, 0.1) is 0 Å². The van der Waals surface area contributed by atoms with Crippen molar-refractivity contribution >= 4 is 37.7 Å². The van der Waals surface area contributed by atoms with Gasteiger partial charge in [0.05, 0.1) is 0 Å². The zero-order chi connectivity index (χ0) is 14.2. The minimum atomic E-state index is 0.315. The van der Waals surface area contributed by atoms with Crippen molar-refractivity contribution in [3.05, 3.63) is 33.0 Å². The third kappa shape index (κ3) is 2.72. The van der Waals surface area contributed by atoms with Crippen LogP contribution in [0.4, 0.5) is 5.82 Å². The van der Waals surface area contributed by atoms with Crippen LogP contribution < -0.4 is 5.73 Å². The van der Waals surface area contributed by atoms with Gasteiger partial charge in [0.2, 0.25) is 0 Å². The molecule has 1 aromatic heterocycles. The highest BCUT2D eigenvalue weighted by molar-refractivity contribution is 9.13. The number of rotatable bonds is 3. The quantitative estimate of drug-likeness (QED) is 0.823. The van der Waals surface area contributed by atoms with E-state index in [1.165, 1.54) is 0 Å². The SMILES string of the molecule is CCc1nc(-c2ccc(Br)c(Br)c2)c(N)n1C(C)C. The highest BCUT2D eigenvalue weighted by atomic mass is 79.9. The Labute approximate surface area is 130 Å². The lowest BCUT2D eigenvalue weighted by Crippen LogP contribution is -2.08. The fraction of sp³-hybridized carbons (Fsp3) is 0.357. The molecule has 0 unspecified atom stereocenters. The Bertz CT molecular complexity index is 603. The van der Waals surface area contributed by atoms with Gasteiger partial charge in [0.25, 0.3) is 0 Å². The van der Waals surface area contributed by atoms with Crippen molar-refractivity contribution in [2.45, 2.75) is 33.2 Å². The summed E-state index contributed by atoms with van der Waals surface area (Å²) in [5, 5.41) is 0. The number of hydrogen-bond donors (Lipinski definition) is 1. The van der Waals surface area contributed by atoms with Gasteiger partial charge in [0, 0.05) is 27.0 Å². The van der Waals surface area contributed by atoms with Crippen molar-refractivity contribution in [3.8, 4) is 11.3 Å². The van der Waals surface area contributed by atoms with Crippen molar-refractivity contribution < 1.29 is 0 Å². The summed E-state index contributed by atoms with van der Waals surface area (Å²) in [6.45, 7) is 6.35. The minimum absolute atomic E-state index is 0.315. The standard InChI is InChI=1S/C14H17Br2N3/c1-4-12-18-13(14(17)19(12)8(2)3)9-5-6-10(15)11(16)7-9/h5-8H,4,17H2,1-3H3. The minimum Gasteiger partial charge on any atom is -0.383 e. The predicted molar refractivity (Wildman–Crippen MR) is 87.2 cm³/mol. The molecule has 102 valence electrons. The number of hydrogen-bond acceptors (Lipinski definition) is 2. The van der Waals surface area contributed by atoms with Crippen LogP contribution in [0.15, 0.2) is 27.1 Å². The average molecular weight is 387 g/mol. The van der Waals surface area contributed by atoms with Gasteiger partial charge in [-0.1, -0.05) is 13.0 Å². The summed E-state index contributed by atoms with van der Waals surface area (Å²) in [5.74, 6) is 1.77. The van der Waals surface area contributed by atoms with Gasteiger partial charge in [-0.05, 0) is 57.8 Å². The van der Waals surface area contributed by atoms with Gasteiger partial charge in [0.15, 0.2) is 0 Å². The second-order valence-electron chi connectivity index (χ2n) is 4.71. The van der Waals surface area contributed by atoms with E-state index in [9.17, 15) is 0 Å². The van der Waals surface area contributed by atoms with Crippen molar-refractivity contribution in [2.24, 2.45) is 0 Å². The van der Waals surface area contributed by atoms with Crippen LogP contribution in [0.3, 0.4) is 0 Å². The maximum atomic E-state index is 6.27. The maximum Gasteiger partial charge on any atom is 0.131 e. The monoisotopic (exact) mass is 385 g/mol. The van der Waals surface area contributed by atoms with Gasteiger partial charge in [-0.15, -0.1) is 0 Å². The maximum absolute atomic E-state index is 6.27. The molecular formula is C14H17Br2N3. The summed E-state index contributed by atoms with van der Waals surface area (Å²) < 4.78 is 4.13. The number of halogens is 2. The topological polar surface area (TPSA) is 43.8 Å². The summed E-state index contributed by atoms with van der Waals surface area (Å²) >= 11 is 6.99. The van der Waals surface area contributed by atoms with Gasteiger partial charge in [0.1, 0.15) is 17.3 Å². The first-order valence-electron chi connectivity index (χ1n) is 6.27. The van der Waals surface area contributed by atoms with E-state index in [4.69, 9.17) is 10.7 Å². The van der Waals surface area contributed by atoms with Crippen molar-refractivity contribution in [2.75, 3.05) is 5.73 Å². The van der Waals surface area contributed by atoms with E-state index in [0.717, 1.165) is 38.3 Å². The van der Waals surface area contributed by atoms with Crippen molar-refractivity contribution in [1.82, 2.24) is 9.55 Å². The van der Waals surface area contributed by atoms with Gasteiger partial charge in [-0.2, -0.15) is 0 Å². The molecule has 1 heterocycles. The molecule has 0 aliphatic carbocycles. The molecule has 0 atom stereocenters. The summed E-state index contributed by atoms with van der Waals surface area (Å²) in [7, 11) is 0. The van der Waals surface area contributed by atoms with Gasteiger partial charge < -0.3 is 10.3 Å². The Hall–Kier alpha value is -0.810. The number of benzene rings is 1. The summed E-state index contributed by atoms with van der Waals surface area (Å²) in [6, 6.07) is 6.37. The summed E-state index contributed by atoms with van der Waals surface area (Å²) in [5.41, 5.74) is 8.16. The number of nitrogen functional groups attached to an aromatic ring is 1. The lowest BCUT2D eigenvalue weighted by molar-refractivity contribution is 0.579. The van der Waals surface area contributed by atoms with Crippen LogP contribution in [-0.4, -0.2) is 9.55 Å². The second kappa shape index (κ2) is 5.67. The molecule has 0 spiro atoms. The first kappa shape index (κ1) is 14.6. The Balaban J connectivity index is 2.59. The molecule has 1 aromatic carbocycles. The molecule has 0 fully saturated rings. The zero-order valence-electron chi connectivity index (χ0n) is 11.2. The first-order valence-corrected chi connectivity index (χ1v) is 7.86. The molecule has 0 aliphatic heterocycles. The highest BCUT2D eigenvalue weighted by Gasteiger charge is 2.17. The summed E-state index contributed by atoms with van der Waals surface area (Å²) in [6.07, 6.45) is 0.875. The Morgan fingerprint density at radius 2 is 1.95 bits per heavy atom. The van der Waals surface area contributed by atoms with Crippen LogP contribution in [0.1, 0.15) is 32.6 Å². The smallest absolute Gasteiger partial charge is 0.131 e. The van der Waals surface area contributed by atoms with Gasteiger partial charge in [-0.3, -0.25) is 0 Å². The summed E-state index contributed by atoms with van der Waals surface area (Å²) in [4.78, 5) is 4.69. The molecule has 0 saturated heterocycles. The third-order valence-electron chi connectivity index (χ3n) is 3.05. The number of anilines is 1. The molecule has 2 aromatic rings. The van der Waals surface area contributed by atoms with E-state index in [1.54, 1.807) is 0 Å². The lowest BCUT2D eigenvalue weighted by Gasteiger charge is -2.12. The Morgan fingerprint density at radius 3 is 2.42 bits per heavy atom. The number of aromatic nitrogens is 2. The fourth-order valence-electron chi connectivity index (χ4n) is 2.17. The van der Waals surface area contributed by atoms with Gasteiger partial charge >= 0.3 is 0 Å². The van der Waals surface area contributed by atoms with Crippen LogP contribution in [-0.2, 0) is 6.42 Å². The molecule has 0 amide bonds. The van der Waals surface area contributed by atoms with E-state index in [-0.39, 0.29) is 0 Å². The van der Waals surface area contributed by atoms with E-state index >= 15 is 0 Å². The normalized spacial score (nSPS) is 11.3. The average Bonchev–Trinajstić information content (AvgIpc) is 2.70. The molecule has 2 N–H and O–H groups in total. The molecule has 3 nitrogen and oxygen atoms in total. The Morgan fingerprint density at radius 1 is 1.26 bits per heavy atom. The first-order chi connectivity index (χ1) is 8.95. The van der Waals surface area contributed by atoms with E-state index in [1.807, 2.05) is 18.2 Å².